The molecule has 2 heterocycles. The van der Waals surface area contributed by atoms with Gasteiger partial charge in [-0.3, -0.25) is 0 Å². The van der Waals surface area contributed by atoms with Crippen molar-refractivity contribution in [1.82, 2.24) is 15.5 Å². The molecule has 90 valence electrons. The van der Waals surface area contributed by atoms with Gasteiger partial charge in [0.1, 0.15) is 0 Å². The van der Waals surface area contributed by atoms with Crippen molar-refractivity contribution in [2.75, 3.05) is 20.3 Å². The first-order valence-electron chi connectivity index (χ1n) is 5.52. The number of hydrogen-bond donors (Lipinski definition) is 2. The van der Waals surface area contributed by atoms with Gasteiger partial charge in [0.15, 0.2) is 5.82 Å². The number of aliphatic hydroxyl groups is 1. The number of methoxy groups -OCH3 is 1. The van der Waals surface area contributed by atoms with Crippen LogP contribution in [0.1, 0.15) is 30.6 Å². The number of aliphatic hydroxyl groups excluding tert-OH is 1. The summed E-state index contributed by atoms with van der Waals surface area (Å²) in [4.78, 5) is 4.29. The van der Waals surface area contributed by atoms with Crippen LogP contribution in [0.2, 0.25) is 0 Å². The van der Waals surface area contributed by atoms with E-state index < -0.39 is 0 Å². The Morgan fingerprint density at radius 2 is 2.50 bits per heavy atom. The molecular formula is C10H17N3O3. The highest BCUT2D eigenvalue weighted by atomic mass is 16.5. The smallest absolute Gasteiger partial charge is 0.243 e. The van der Waals surface area contributed by atoms with Crippen molar-refractivity contribution in [2.45, 2.75) is 31.4 Å². The van der Waals surface area contributed by atoms with Crippen LogP contribution in [-0.2, 0) is 11.2 Å². The van der Waals surface area contributed by atoms with Crippen LogP contribution >= 0.6 is 0 Å². The Bertz CT molecular complexity index is 329. The highest BCUT2D eigenvalue weighted by Crippen LogP contribution is 2.21. The number of β-amino-alcohol motifs (C(OH)–C–C–N with tert-alkyl or cyclic N) is 1. The third kappa shape index (κ3) is 2.78. The van der Waals surface area contributed by atoms with E-state index in [1.165, 1.54) is 0 Å². The van der Waals surface area contributed by atoms with Gasteiger partial charge in [-0.15, -0.1) is 0 Å². The Hall–Kier alpha value is -0.980. The second-order valence-electron chi connectivity index (χ2n) is 4.00. The highest BCUT2D eigenvalue weighted by Gasteiger charge is 2.27. The third-order valence-corrected chi connectivity index (χ3v) is 2.64. The van der Waals surface area contributed by atoms with E-state index in [1.807, 2.05) is 0 Å². The summed E-state index contributed by atoms with van der Waals surface area (Å²) >= 11 is 0. The van der Waals surface area contributed by atoms with E-state index in [-0.39, 0.29) is 12.1 Å². The SMILES string of the molecule is COCCCc1noc([C@@H]2C[C@@H](O)CN2)n1. The molecule has 1 saturated heterocycles. The van der Waals surface area contributed by atoms with Gasteiger partial charge >= 0.3 is 0 Å². The molecule has 2 rings (SSSR count). The van der Waals surface area contributed by atoms with Crippen LogP contribution in [0.5, 0.6) is 0 Å². The minimum absolute atomic E-state index is 0.00123. The molecular weight excluding hydrogens is 210 g/mol. The molecule has 0 unspecified atom stereocenters. The van der Waals surface area contributed by atoms with Crippen LogP contribution in [-0.4, -0.2) is 41.6 Å². The summed E-state index contributed by atoms with van der Waals surface area (Å²) in [5.41, 5.74) is 0. The van der Waals surface area contributed by atoms with Crippen LogP contribution in [0.4, 0.5) is 0 Å². The predicted octanol–water partition coefficient (Wildman–Crippen LogP) is 0.0439. The molecule has 0 bridgehead atoms. The van der Waals surface area contributed by atoms with Gasteiger partial charge in [0.05, 0.1) is 12.1 Å². The lowest BCUT2D eigenvalue weighted by Crippen LogP contribution is -2.15. The molecule has 2 atom stereocenters. The zero-order valence-corrected chi connectivity index (χ0v) is 9.35. The second-order valence-corrected chi connectivity index (χ2v) is 4.00. The molecule has 0 aromatic carbocycles. The molecule has 1 aromatic heterocycles. The van der Waals surface area contributed by atoms with Gasteiger partial charge in [-0.25, -0.2) is 0 Å². The average molecular weight is 227 g/mol. The average Bonchev–Trinajstić information content (AvgIpc) is 2.87. The van der Waals surface area contributed by atoms with Crippen LogP contribution < -0.4 is 5.32 Å². The fourth-order valence-corrected chi connectivity index (χ4v) is 1.79. The lowest BCUT2D eigenvalue weighted by Gasteiger charge is -2.01. The molecule has 0 spiro atoms. The number of aryl methyl sites for hydroxylation is 1. The first kappa shape index (κ1) is 11.5. The minimum Gasteiger partial charge on any atom is -0.392 e. The van der Waals surface area contributed by atoms with Crippen molar-refractivity contribution in [3.63, 3.8) is 0 Å². The van der Waals surface area contributed by atoms with E-state index in [2.05, 4.69) is 15.5 Å². The summed E-state index contributed by atoms with van der Waals surface area (Å²) in [5, 5.41) is 16.4. The monoisotopic (exact) mass is 227 g/mol. The minimum atomic E-state index is -0.311. The molecule has 0 aliphatic carbocycles. The molecule has 1 aliphatic heterocycles. The van der Waals surface area contributed by atoms with Gasteiger partial charge in [-0.1, -0.05) is 5.16 Å². The molecule has 1 aliphatic rings. The summed E-state index contributed by atoms with van der Waals surface area (Å²) in [6, 6.07) is -0.00123. The number of rotatable bonds is 5. The lowest BCUT2D eigenvalue weighted by atomic mass is 10.2. The van der Waals surface area contributed by atoms with Crippen molar-refractivity contribution < 1.29 is 14.4 Å². The van der Waals surface area contributed by atoms with Gasteiger partial charge in [0.25, 0.3) is 0 Å². The fourth-order valence-electron chi connectivity index (χ4n) is 1.79. The maximum Gasteiger partial charge on any atom is 0.243 e. The van der Waals surface area contributed by atoms with E-state index in [0.29, 0.717) is 31.3 Å². The molecule has 6 nitrogen and oxygen atoms in total. The first-order valence-corrected chi connectivity index (χ1v) is 5.52. The zero-order valence-electron chi connectivity index (χ0n) is 9.35. The topological polar surface area (TPSA) is 80.4 Å². The standard InChI is InChI=1S/C10H17N3O3/c1-15-4-2-3-9-12-10(16-13-9)8-5-7(14)6-11-8/h7-8,11,14H,2-6H2,1H3/t7-,8+/m1/s1. The zero-order chi connectivity index (χ0) is 11.4. The quantitative estimate of drug-likeness (QED) is 0.691. The van der Waals surface area contributed by atoms with Gasteiger partial charge in [-0.05, 0) is 12.8 Å². The van der Waals surface area contributed by atoms with Crippen LogP contribution in [0.25, 0.3) is 0 Å². The summed E-state index contributed by atoms with van der Waals surface area (Å²) in [6.07, 6.45) is 1.97. The van der Waals surface area contributed by atoms with Crippen LogP contribution in [0, 0.1) is 0 Å². The highest BCUT2D eigenvalue weighted by molar-refractivity contribution is 4.97. The molecule has 0 amide bonds. The molecule has 0 saturated carbocycles. The van der Waals surface area contributed by atoms with Crippen LogP contribution in [0.15, 0.2) is 4.52 Å². The Balaban J connectivity index is 1.87. The van der Waals surface area contributed by atoms with Gasteiger partial charge in [-0.2, -0.15) is 4.98 Å². The van der Waals surface area contributed by atoms with Gasteiger partial charge in [0.2, 0.25) is 5.89 Å². The van der Waals surface area contributed by atoms with E-state index in [4.69, 9.17) is 9.26 Å². The number of aromatic nitrogens is 2. The Kier molecular flexibility index (Phi) is 3.87. The largest absolute Gasteiger partial charge is 0.392 e. The molecule has 1 fully saturated rings. The molecule has 2 N–H and O–H groups in total. The number of nitrogens with one attached hydrogen (secondary N) is 1. The maximum atomic E-state index is 9.37. The number of nitrogens with zero attached hydrogens (tertiary/aromatic N) is 2. The Labute approximate surface area is 94.0 Å². The molecule has 0 radical (unpaired) electrons. The van der Waals surface area contributed by atoms with E-state index in [1.54, 1.807) is 7.11 Å². The number of ether oxygens (including phenoxy) is 1. The van der Waals surface area contributed by atoms with Crippen molar-refractivity contribution in [2.24, 2.45) is 0 Å². The second kappa shape index (κ2) is 5.38. The summed E-state index contributed by atoms with van der Waals surface area (Å²) in [5.74, 6) is 1.28. The molecule has 1 aromatic rings. The van der Waals surface area contributed by atoms with E-state index >= 15 is 0 Å². The van der Waals surface area contributed by atoms with E-state index in [9.17, 15) is 5.11 Å². The summed E-state index contributed by atoms with van der Waals surface area (Å²) in [7, 11) is 1.67. The molecule has 16 heavy (non-hydrogen) atoms. The van der Waals surface area contributed by atoms with Crippen molar-refractivity contribution in [1.29, 1.82) is 0 Å². The molecule has 6 heteroatoms. The fraction of sp³-hybridized carbons (Fsp3) is 0.800. The van der Waals surface area contributed by atoms with Crippen molar-refractivity contribution in [3.05, 3.63) is 11.7 Å². The van der Waals surface area contributed by atoms with Gasteiger partial charge < -0.3 is 19.7 Å². The van der Waals surface area contributed by atoms with Crippen molar-refractivity contribution >= 4 is 0 Å². The lowest BCUT2D eigenvalue weighted by molar-refractivity contribution is 0.190. The maximum absolute atomic E-state index is 9.37. The van der Waals surface area contributed by atoms with Crippen molar-refractivity contribution in [3.8, 4) is 0 Å². The normalized spacial score (nSPS) is 25.1. The third-order valence-electron chi connectivity index (χ3n) is 2.64. The number of hydrogen-bond acceptors (Lipinski definition) is 6. The Morgan fingerprint density at radius 1 is 1.62 bits per heavy atom. The Morgan fingerprint density at radius 3 is 3.19 bits per heavy atom. The predicted molar refractivity (Wildman–Crippen MR) is 55.9 cm³/mol. The summed E-state index contributed by atoms with van der Waals surface area (Å²) < 4.78 is 10.1. The van der Waals surface area contributed by atoms with E-state index in [0.717, 1.165) is 12.8 Å². The summed E-state index contributed by atoms with van der Waals surface area (Å²) in [6.45, 7) is 1.29. The first-order chi connectivity index (χ1) is 7.79. The van der Waals surface area contributed by atoms with Gasteiger partial charge in [0, 0.05) is 26.7 Å². The van der Waals surface area contributed by atoms with Crippen LogP contribution in [0.3, 0.4) is 0 Å².